The minimum absolute atomic E-state index is 0.111. The summed E-state index contributed by atoms with van der Waals surface area (Å²) < 4.78 is 10.1. The maximum atomic E-state index is 12.3. The fourth-order valence-corrected chi connectivity index (χ4v) is 3.06. The highest BCUT2D eigenvalue weighted by Gasteiger charge is 2.21. The second kappa shape index (κ2) is 9.01. The summed E-state index contributed by atoms with van der Waals surface area (Å²) in [6, 6.07) is 11.3. The molecule has 1 aromatic carbocycles. The van der Waals surface area contributed by atoms with E-state index in [0.29, 0.717) is 10.7 Å². The number of ether oxygens (including phenoxy) is 1. The summed E-state index contributed by atoms with van der Waals surface area (Å²) in [6.45, 7) is 1.39. The molecule has 1 atom stereocenters. The molecule has 0 saturated heterocycles. The number of carbonyl (C=O) groups is 3. The fraction of sp³-hybridized carbons (Fsp3) is 0.105. The Morgan fingerprint density at radius 1 is 1.10 bits per heavy atom. The number of nitro groups is 1. The molecule has 2 aromatic heterocycles. The lowest BCUT2D eigenvalue weighted by molar-refractivity contribution is -0.384. The summed E-state index contributed by atoms with van der Waals surface area (Å²) in [4.78, 5) is 46.7. The number of nitro benzene ring substituents is 1. The zero-order chi connectivity index (χ0) is 21.7. The second-order valence-electron chi connectivity index (χ2n) is 5.94. The molecule has 0 spiro atoms. The predicted molar refractivity (Wildman–Crippen MR) is 108 cm³/mol. The molecule has 2 heterocycles. The van der Waals surface area contributed by atoms with E-state index in [-0.39, 0.29) is 16.3 Å². The van der Waals surface area contributed by atoms with Gasteiger partial charge in [-0.15, -0.1) is 11.3 Å². The number of non-ortho nitro benzene ring substituents is 1. The van der Waals surface area contributed by atoms with Crippen LogP contribution >= 0.6 is 11.3 Å². The highest BCUT2D eigenvalue weighted by Crippen LogP contribution is 2.24. The number of nitrogens with zero attached hydrogens (tertiary/aromatic N) is 1. The van der Waals surface area contributed by atoms with Crippen LogP contribution in [0.25, 0.3) is 0 Å². The predicted octanol–water partition coefficient (Wildman–Crippen LogP) is 3.69. The van der Waals surface area contributed by atoms with Gasteiger partial charge in [-0.1, -0.05) is 0 Å². The normalized spacial score (nSPS) is 11.4. The average Bonchev–Trinajstić information content (AvgIpc) is 3.40. The number of anilines is 2. The standard InChI is InChI=1S/C19H15N3O7S/c1-11(17(23)20-12-4-6-13(7-5-12)22(26)27)29-19(25)15-8-9-16(30-15)21-18(24)14-3-2-10-28-14/h2-11H,1H3,(H,20,23)(H,21,24). The first-order valence-electron chi connectivity index (χ1n) is 8.54. The zero-order valence-corrected chi connectivity index (χ0v) is 16.3. The van der Waals surface area contributed by atoms with Crippen molar-refractivity contribution in [3.8, 4) is 0 Å². The van der Waals surface area contributed by atoms with Gasteiger partial charge in [0.1, 0.15) is 4.88 Å². The van der Waals surface area contributed by atoms with E-state index in [0.717, 1.165) is 11.3 Å². The molecule has 0 aliphatic rings. The van der Waals surface area contributed by atoms with Gasteiger partial charge in [0.05, 0.1) is 16.2 Å². The number of hydrogen-bond donors (Lipinski definition) is 2. The molecule has 10 nitrogen and oxygen atoms in total. The number of rotatable bonds is 7. The second-order valence-corrected chi connectivity index (χ2v) is 7.02. The van der Waals surface area contributed by atoms with E-state index < -0.39 is 28.8 Å². The van der Waals surface area contributed by atoms with Crippen LogP contribution in [0, 0.1) is 10.1 Å². The Morgan fingerprint density at radius 3 is 2.47 bits per heavy atom. The molecule has 2 N–H and O–H groups in total. The van der Waals surface area contributed by atoms with Crippen molar-refractivity contribution < 1.29 is 28.5 Å². The van der Waals surface area contributed by atoms with Gasteiger partial charge in [-0.2, -0.15) is 0 Å². The molecule has 11 heteroatoms. The van der Waals surface area contributed by atoms with Crippen LogP contribution in [0.5, 0.6) is 0 Å². The fourth-order valence-electron chi connectivity index (χ4n) is 2.28. The van der Waals surface area contributed by atoms with Crippen molar-refractivity contribution in [2.24, 2.45) is 0 Å². The van der Waals surface area contributed by atoms with Gasteiger partial charge in [0.2, 0.25) is 0 Å². The number of esters is 1. The Bertz CT molecular complexity index is 1070. The highest BCUT2D eigenvalue weighted by molar-refractivity contribution is 7.18. The topological polar surface area (TPSA) is 141 Å². The molecule has 3 rings (SSSR count). The van der Waals surface area contributed by atoms with Crippen molar-refractivity contribution in [2.75, 3.05) is 10.6 Å². The Kier molecular flexibility index (Phi) is 6.23. The summed E-state index contributed by atoms with van der Waals surface area (Å²) in [7, 11) is 0. The minimum atomic E-state index is -1.11. The summed E-state index contributed by atoms with van der Waals surface area (Å²) in [5, 5.41) is 16.2. The van der Waals surface area contributed by atoms with Gasteiger partial charge in [0, 0.05) is 17.8 Å². The van der Waals surface area contributed by atoms with E-state index in [9.17, 15) is 24.5 Å². The number of nitrogens with one attached hydrogen (secondary N) is 2. The molecule has 3 aromatic rings. The third-order valence-electron chi connectivity index (χ3n) is 3.79. The van der Waals surface area contributed by atoms with Gasteiger partial charge in [0.15, 0.2) is 11.9 Å². The van der Waals surface area contributed by atoms with E-state index in [4.69, 9.17) is 9.15 Å². The van der Waals surface area contributed by atoms with Gasteiger partial charge < -0.3 is 19.8 Å². The summed E-state index contributed by atoms with van der Waals surface area (Å²) in [5.41, 5.74) is 0.215. The first kappa shape index (κ1) is 20.7. The van der Waals surface area contributed by atoms with Gasteiger partial charge in [-0.05, 0) is 43.3 Å². The van der Waals surface area contributed by atoms with Crippen molar-refractivity contribution in [1.82, 2.24) is 0 Å². The van der Waals surface area contributed by atoms with E-state index >= 15 is 0 Å². The van der Waals surface area contributed by atoms with E-state index in [1.165, 1.54) is 55.7 Å². The molecule has 2 amide bonds. The Balaban J connectivity index is 1.54. The third kappa shape index (κ3) is 5.08. The van der Waals surface area contributed by atoms with Crippen LogP contribution in [0.2, 0.25) is 0 Å². The van der Waals surface area contributed by atoms with Crippen LogP contribution in [0.1, 0.15) is 27.2 Å². The van der Waals surface area contributed by atoms with Crippen LogP contribution in [0.4, 0.5) is 16.4 Å². The third-order valence-corrected chi connectivity index (χ3v) is 4.77. The monoisotopic (exact) mass is 429 g/mol. The van der Waals surface area contributed by atoms with E-state index in [1.807, 2.05) is 0 Å². The van der Waals surface area contributed by atoms with Gasteiger partial charge in [-0.25, -0.2) is 4.79 Å². The number of hydrogen-bond acceptors (Lipinski definition) is 8. The first-order chi connectivity index (χ1) is 14.3. The minimum Gasteiger partial charge on any atom is -0.459 e. The molecule has 0 aliphatic heterocycles. The molecule has 30 heavy (non-hydrogen) atoms. The van der Waals surface area contributed by atoms with Crippen LogP contribution < -0.4 is 10.6 Å². The van der Waals surface area contributed by atoms with E-state index in [2.05, 4.69) is 10.6 Å². The molecule has 1 unspecified atom stereocenters. The Labute approximate surface area is 173 Å². The molecular weight excluding hydrogens is 414 g/mol. The van der Waals surface area contributed by atoms with Crippen LogP contribution in [0.3, 0.4) is 0 Å². The number of carbonyl (C=O) groups excluding carboxylic acids is 3. The molecule has 0 fully saturated rings. The van der Waals surface area contributed by atoms with Gasteiger partial charge in [0.25, 0.3) is 17.5 Å². The first-order valence-corrected chi connectivity index (χ1v) is 9.36. The van der Waals surface area contributed by atoms with E-state index in [1.54, 1.807) is 6.07 Å². The smallest absolute Gasteiger partial charge is 0.349 e. The lowest BCUT2D eigenvalue weighted by atomic mass is 10.2. The lowest BCUT2D eigenvalue weighted by Gasteiger charge is -2.12. The lowest BCUT2D eigenvalue weighted by Crippen LogP contribution is -2.29. The van der Waals surface area contributed by atoms with Gasteiger partial charge >= 0.3 is 5.97 Å². The van der Waals surface area contributed by atoms with Crippen molar-refractivity contribution in [3.63, 3.8) is 0 Å². The number of furan rings is 1. The number of benzene rings is 1. The Hall–Kier alpha value is -3.99. The molecule has 0 bridgehead atoms. The summed E-state index contributed by atoms with van der Waals surface area (Å²) in [6.07, 6.45) is 0.255. The molecule has 0 saturated carbocycles. The van der Waals surface area contributed by atoms with Crippen molar-refractivity contribution >= 4 is 45.5 Å². The molecular formula is C19H15N3O7S. The van der Waals surface area contributed by atoms with Crippen molar-refractivity contribution in [2.45, 2.75) is 13.0 Å². The average molecular weight is 429 g/mol. The number of thiophene rings is 1. The van der Waals surface area contributed by atoms with Crippen LogP contribution in [-0.2, 0) is 9.53 Å². The van der Waals surface area contributed by atoms with Crippen LogP contribution in [-0.4, -0.2) is 28.8 Å². The van der Waals surface area contributed by atoms with Crippen molar-refractivity contribution in [1.29, 1.82) is 0 Å². The number of amides is 2. The molecule has 0 aliphatic carbocycles. The quantitative estimate of drug-likeness (QED) is 0.331. The summed E-state index contributed by atoms with van der Waals surface area (Å²) in [5.74, 6) is -1.66. The largest absolute Gasteiger partial charge is 0.459 e. The maximum Gasteiger partial charge on any atom is 0.349 e. The van der Waals surface area contributed by atoms with Crippen LogP contribution in [0.15, 0.2) is 59.2 Å². The highest BCUT2D eigenvalue weighted by atomic mass is 32.1. The molecule has 0 radical (unpaired) electrons. The van der Waals surface area contributed by atoms with Crippen molar-refractivity contribution in [3.05, 3.63) is 75.5 Å². The summed E-state index contributed by atoms with van der Waals surface area (Å²) >= 11 is 0.985. The van der Waals surface area contributed by atoms with Gasteiger partial charge in [-0.3, -0.25) is 19.7 Å². The zero-order valence-electron chi connectivity index (χ0n) is 15.5. The SMILES string of the molecule is CC(OC(=O)c1ccc(NC(=O)c2ccco2)s1)C(=O)Nc1ccc([N+](=O)[O-])cc1. The molecule has 154 valence electrons. The maximum absolute atomic E-state index is 12.3. The Morgan fingerprint density at radius 2 is 1.83 bits per heavy atom.